The quantitative estimate of drug-likeness (QED) is 0.262. The van der Waals surface area contributed by atoms with Gasteiger partial charge < -0.3 is 43.8 Å². The van der Waals surface area contributed by atoms with Gasteiger partial charge in [0.15, 0.2) is 23.2 Å². The van der Waals surface area contributed by atoms with Crippen molar-refractivity contribution in [2.24, 2.45) is 0 Å². The van der Waals surface area contributed by atoms with E-state index < -0.39 is 51.8 Å². The number of carbonyl (C=O) groups excluding carboxylic acids is 2. The first-order chi connectivity index (χ1) is 18.8. The van der Waals surface area contributed by atoms with Crippen LogP contribution in [0.4, 0.5) is 0 Å². The Labute approximate surface area is 233 Å². The zero-order valence-electron chi connectivity index (χ0n) is 23.6. The third-order valence-corrected chi connectivity index (χ3v) is 8.97. The maximum absolute atomic E-state index is 14.4. The second kappa shape index (κ2) is 10.2. The summed E-state index contributed by atoms with van der Waals surface area (Å²) in [6.07, 6.45) is 2.42. The Kier molecular flexibility index (Phi) is 7.31. The van der Waals surface area contributed by atoms with E-state index in [0.29, 0.717) is 56.0 Å². The Morgan fingerprint density at radius 3 is 2.55 bits per heavy atom. The van der Waals surface area contributed by atoms with E-state index in [2.05, 4.69) is 0 Å². The lowest BCUT2D eigenvalue weighted by atomic mass is 9.77. The molecule has 0 radical (unpaired) electrons. The Morgan fingerprint density at radius 2 is 1.88 bits per heavy atom. The number of esters is 2. The predicted octanol–water partition coefficient (Wildman–Crippen LogP) is 2.59. The Bertz CT molecular complexity index is 1210. The summed E-state index contributed by atoms with van der Waals surface area (Å²) in [7, 11) is 2.64. The number of hydrogen-bond donors (Lipinski definition) is 2. The van der Waals surface area contributed by atoms with Crippen molar-refractivity contribution < 1.29 is 48.1 Å². The van der Waals surface area contributed by atoms with Gasteiger partial charge in [-0.2, -0.15) is 0 Å². The second-order valence-electron chi connectivity index (χ2n) is 12.1. The van der Waals surface area contributed by atoms with Gasteiger partial charge in [0.1, 0.15) is 11.3 Å². The molecule has 40 heavy (non-hydrogen) atoms. The molecule has 1 aromatic carbocycles. The summed E-state index contributed by atoms with van der Waals surface area (Å²) < 4.78 is 27.4. The van der Waals surface area contributed by atoms with Crippen molar-refractivity contribution in [3.05, 3.63) is 40.3 Å². The minimum atomic E-state index is -2.20. The third-order valence-electron chi connectivity index (χ3n) is 8.97. The molecule has 11 heteroatoms. The largest absolute Gasteiger partial charge is 0.632 e. The van der Waals surface area contributed by atoms with Gasteiger partial charge in [0.25, 0.3) is 0 Å². The summed E-state index contributed by atoms with van der Waals surface area (Å²) in [5, 5.41) is 36.1. The third kappa shape index (κ3) is 4.82. The van der Waals surface area contributed by atoms with Crippen molar-refractivity contribution in [3.8, 4) is 11.5 Å². The average molecular weight is 562 g/mol. The van der Waals surface area contributed by atoms with Crippen molar-refractivity contribution >= 4 is 11.9 Å². The number of quaternary nitrogens is 1. The smallest absolute Gasteiger partial charge is 0.339 e. The molecule has 11 nitrogen and oxygen atoms in total. The molecule has 5 rings (SSSR count). The lowest BCUT2D eigenvalue weighted by molar-refractivity contribution is -0.912. The van der Waals surface area contributed by atoms with Gasteiger partial charge in [-0.15, -0.1) is 0 Å². The van der Waals surface area contributed by atoms with Crippen molar-refractivity contribution in [1.82, 2.24) is 0 Å². The minimum Gasteiger partial charge on any atom is -0.632 e. The van der Waals surface area contributed by atoms with Gasteiger partial charge in [0.05, 0.1) is 45.2 Å². The molecule has 4 aliphatic rings. The number of fused-ring (bicyclic) bond motifs is 3. The Hall–Kier alpha value is -2.86. The summed E-state index contributed by atoms with van der Waals surface area (Å²) >= 11 is 0. The van der Waals surface area contributed by atoms with E-state index in [1.807, 2.05) is 18.2 Å². The highest BCUT2D eigenvalue weighted by Gasteiger charge is 2.64. The number of ether oxygens (including phenoxy) is 5. The summed E-state index contributed by atoms with van der Waals surface area (Å²) in [6.45, 7) is 4.13. The van der Waals surface area contributed by atoms with Crippen LogP contribution in [-0.4, -0.2) is 83.7 Å². The first kappa shape index (κ1) is 28.7. The Balaban J connectivity index is 1.53. The number of benzene rings is 1. The highest BCUT2D eigenvalue weighted by Crippen LogP contribution is 2.58. The van der Waals surface area contributed by atoms with Crippen LogP contribution in [-0.2, 0) is 30.2 Å². The maximum atomic E-state index is 14.4. The highest BCUT2D eigenvalue weighted by atomic mass is 16.7. The zero-order valence-corrected chi connectivity index (χ0v) is 23.6. The van der Waals surface area contributed by atoms with Gasteiger partial charge >= 0.3 is 11.9 Å². The minimum absolute atomic E-state index is 0.0980. The molecule has 0 amide bonds. The predicted molar refractivity (Wildman–Crippen MR) is 141 cm³/mol. The van der Waals surface area contributed by atoms with E-state index in [1.165, 1.54) is 14.2 Å². The van der Waals surface area contributed by atoms with Crippen LogP contribution in [0.5, 0.6) is 11.5 Å². The summed E-state index contributed by atoms with van der Waals surface area (Å²) in [5.41, 5.74) is -2.42. The fourth-order valence-electron chi connectivity index (χ4n) is 6.95. The first-order valence-corrected chi connectivity index (χ1v) is 13.8. The molecular weight excluding hydrogens is 522 g/mol. The van der Waals surface area contributed by atoms with E-state index in [-0.39, 0.29) is 19.6 Å². The van der Waals surface area contributed by atoms with Crippen molar-refractivity contribution in [3.63, 3.8) is 0 Å². The monoisotopic (exact) mass is 561 g/mol. The molecule has 1 aliphatic carbocycles. The van der Waals surface area contributed by atoms with Crippen molar-refractivity contribution in [1.29, 1.82) is 0 Å². The van der Waals surface area contributed by atoms with Crippen LogP contribution in [0.25, 0.3) is 0 Å². The molecule has 1 spiro atoms. The van der Waals surface area contributed by atoms with E-state index in [0.717, 1.165) is 11.1 Å². The molecule has 0 unspecified atom stereocenters. The molecule has 1 saturated heterocycles. The molecular formula is C29H39NO10. The standard InChI is InChI=1S/C29H39NO10/c1-27(2,33)8-5-10-29(34,16-23(31)37-4)26(32)40-25-22(36-3)15-28-9-6-11-30(28,35)12-7-18-13-20-21(39-17-38-20)14-19(18)24(25)28/h13-15,24-25,33-34H,5-12,16-17H2,1-4H3/t24-,25-,28+,29-,30-/m1/s1. The normalized spacial score (nSPS) is 29.8. The van der Waals surface area contributed by atoms with Gasteiger partial charge in [0.2, 0.25) is 6.79 Å². The van der Waals surface area contributed by atoms with Gasteiger partial charge in [-0.05, 0) is 56.4 Å². The van der Waals surface area contributed by atoms with E-state index >= 15 is 0 Å². The van der Waals surface area contributed by atoms with E-state index in [9.17, 15) is 25.0 Å². The molecule has 3 aliphatic heterocycles. The molecule has 5 atom stereocenters. The fraction of sp³-hybridized carbons (Fsp3) is 0.655. The number of aliphatic hydroxyl groups is 2. The lowest BCUT2D eigenvalue weighted by Gasteiger charge is -2.52. The van der Waals surface area contributed by atoms with Crippen molar-refractivity contribution in [2.45, 2.75) is 87.6 Å². The zero-order chi connectivity index (χ0) is 28.9. The Morgan fingerprint density at radius 1 is 1.15 bits per heavy atom. The molecule has 1 aromatic rings. The molecule has 0 saturated carbocycles. The summed E-state index contributed by atoms with van der Waals surface area (Å²) in [6, 6.07) is 3.77. The number of rotatable bonds is 9. The topological polar surface area (TPSA) is 144 Å². The van der Waals surface area contributed by atoms with Crippen LogP contribution in [0.2, 0.25) is 0 Å². The highest BCUT2D eigenvalue weighted by molar-refractivity contribution is 5.86. The number of methoxy groups -OCH3 is 2. The summed E-state index contributed by atoms with van der Waals surface area (Å²) in [4.78, 5) is 26.0. The van der Waals surface area contributed by atoms with Crippen LogP contribution in [0.3, 0.4) is 0 Å². The molecule has 2 N–H and O–H groups in total. The average Bonchev–Trinajstić information content (AvgIpc) is 3.55. The molecule has 0 aromatic heterocycles. The number of carbonyl (C=O) groups is 2. The van der Waals surface area contributed by atoms with E-state index in [1.54, 1.807) is 13.8 Å². The van der Waals surface area contributed by atoms with Crippen LogP contribution >= 0.6 is 0 Å². The van der Waals surface area contributed by atoms with Crippen LogP contribution < -0.4 is 9.47 Å². The maximum Gasteiger partial charge on any atom is 0.339 e. The molecule has 220 valence electrons. The fourth-order valence-corrected chi connectivity index (χ4v) is 6.95. The number of nitrogens with zero attached hydrogens (tertiary/aromatic N) is 1. The van der Waals surface area contributed by atoms with Crippen LogP contribution in [0.1, 0.15) is 69.4 Å². The molecule has 0 bridgehead atoms. The van der Waals surface area contributed by atoms with Gasteiger partial charge in [0, 0.05) is 25.3 Å². The van der Waals surface area contributed by atoms with Crippen molar-refractivity contribution in [2.75, 3.05) is 34.1 Å². The second-order valence-corrected chi connectivity index (χ2v) is 12.1. The van der Waals surface area contributed by atoms with Gasteiger partial charge in [-0.25, -0.2) is 4.79 Å². The van der Waals surface area contributed by atoms with Gasteiger partial charge in [-0.1, -0.05) is 0 Å². The van der Waals surface area contributed by atoms with Crippen LogP contribution in [0, 0.1) is 5.21 Å². The summed E-state index contributed by atoms with van der Waals surface area (Å²) in [5.74, 6) is -0.877. The van der Waals surface area contributed by atoms with Gasteiger partial charge in [-0.3, -0.25) is 4.79 Å². The first-order valence-electron chi connectivity index (χ1n) is 13.8. The number of hydroxylamine groups is 3. The van der Waals surface area contributed by atoms with E-state index in [4.69, 9.17) is 23.7 Å². The lowest BCUT2D eigenvalue weighted by Crippen LogP contribution is -2.58. The molecule has 3 heterocycles. The molecule has 1 fully saturated rings. The SMILES string of the molecule is COC(=O)C[C@](O)(CCCC(C)(C)O)C(=O)O[C@@H]1C(OC)=C[C@]23CCC[N@@+]2([O-])CCc2cc4c(cc2[C@H]13)OCO4. The van der Waals surface area contributed by atoms with Crippen LogP contribution in [0.15, 0.2) is 24.0 Å². The number of hydrogen-bond acceptors (Lipinski definition) is 10.